The molecule has 0 saturated carbocycles. The van der Waals surface area contributed by atoms with E-state index in [0.29, 0.717) is 10.8 Å². The van der Waals surface area contributed by atoms with E-state index in [-0.39, 0.29) is 17.0 Å². The summed E-state index contributed by atoms with van der Waals surface area (Å²) >= 11 is 1.23. The topological polar surface area (TPSA) is 116 Å². The lowest BCUT2D eigenvalue weighted by atomic mass is 10.2. The number of hydrogen-bond acceptors (Lipinski definition) is 6. The van der Waals surface area contributed by atoms with Crippen LogP contribution in [0, 0.1) is 0 Å². The van der Waals surface area contributed by atoms with Crippen molar-refractivity contribution >= 4 is 33.2 Å². The molecule has 1 rings (SSSR count). The summed E-state index contributed by atoms with van der Waals surface area (Å²) in [4.78, 5) is 15.0. The van der Waals surface area contributed by atoms with Crippen molar-refractivity contribution in [1.29, 1.82) is 0 Å². The van der Waals surface area contributed by atoms with Gasteiger partial charge in [-0.25, -0.2) is 13.4 Å². The van der Waals surface area contributed by atoms with Crippen LogP contribution in [0.3, 0.4) is 0 Å². The molecule has 0 atom stereocenters. The number of nitrogen functional groups attached to an aromatic ring is 1. The van der Waals surface area contributed by atoms with E-state index >= 15 is 0 Å². The molecule has 0 bridgehead atoms. The largest absolute Gasteiger partial charge is 0.397 e. The normalized spacial score (nSPS) is 11.4. The minimum absolute atomic E-state index is 0.0512. The molecule has 0 aliphatic carbocycles. The summed E-state index contributed by atoms with van der Waals surface area (Å²) in [5, 5.41) is 0.525. The monoisotopic (exact) mass is 275 g/mol. The van der Waals surface area contributed by atoms with Gasteiger partial charge in [-0.1, -0.05) is 0 Å². The maximum Gasteiger partial charge on any atom is 0.250 e. The Morgan fingerprint density at radius 1 is 1.53 bits per heavy atom. The van der Waals surface area contributed by atoms with Gasteiger partial charge in [-0.2, -0.15) is 0 Å². The first-order chi connectivity index (χ1) is 7.79. The maximum atomic E-state index is 11.0. The van der Waals surface area contributed by atoms with Gasteiger partial charge in [0.1, 0.15) is 9.84 Å². The van der Waals surface area contributed by atoms with Gasteiger partial charge in [0.2, 0.25) is 0 Å². The predicted molar refractivity (Wildman–Crippen MR) is 67.6 cm³/mol. The molecule has 1 heterocycles. The Kier molecular flexibility index (Phi) is 4.35. The van der Waals surface area contributed by atoms with Crippen LogP contribution in [0.1, 0.15) is 10.4 Å². The minimum atomic E-state index is -2.99. The Hall–Kier alpha value is -1.28. The third kappa shape index (κ3) is 4.61. The van der Waals surface area contributed by atoms with Crippen molar-refractivity contribution in [2.24, 2.45) is 5.73 Å². The fourth-order valence-electron chi connectivity index (χ4n) is 1.04. The zero-order valence-electron chi connectivity index (χ0n) is 9.21. The smallest absolute Gasteiger partial charge is 0.250 e. The highest BCUT2D eigenvalue weighted by atomic mass is 32.2. The fraction of sp³-hybridized carbons (Fsp3) is 0.333. The van der Waals surface area contributed by atoms with E-state index in [2.05, 4.69) is 4.98 Å². The summed E-state index contributed by atoms with van der Waals surface area (Å²) in [7, 11) is -2.99. The van der Waals surface area contributed by atoms with E-state index in [1.54, 1.807) is 0 Å². The summed E-state index contributed by atoms with van der Waals surface area (Å²) < 4.78 is 21.8. The van der Waals surface area contributed by atoms with Gasteiger partial charge in [0.05, 0.1) is 28.2 Å². The van der Waals surface area contributed by atoms with E-state index < -0.39 is 15.7 Å². The van der Waals surface area contributed by atoms with Crippen LogP contribution in [-0.4, -0.2) is 37.1 Å². The van der Waals surface area contributed by atoms with Gasteiger partial charge in [-0.3, -0.25) is 4.79 Å². The molecule has 0 aliphatic heterocycles. The average molecular weight is 275 g/mol. The molecule has 0 fully saturated rings. The number of primary amides is 1. The first-order valence-corrected chi connectivity index (χ1v) is 7.70. The molecule has 0 aromatic carbocycles. The molecule has 4 N–H and O–H groups in total. The standard InChI is InChI=1S/C9H13N3O3S2/c1-17(14,15)3-2-16-8-4-6(9(11)13)7(10)5-12-8/h4-5H,2-3,10H2,1H3,(H2,11,13). The van der Waals surface area contributed by atoms with E-state index in [1.165, 1.54) is 30.3 Å². The van der Waals surface area contributed by atoms with Gasteiger partial charge in [-0.15, -0.1) is 11.8 Å². The van der Waals surface area contributed by atoms with Crippen LogP contribution in [0.25, 0.3) is 0 Å². The third-order valence-corrected chi connectivity index (χ3v) is 4.01. The number of nitrogens with zero attached hydrogens (tertiary/aromatic N) is 1. The molecule has 8 heteroatoms. The second kappa shape index (κ2) is 5.37. The highest BCUT2D eigenvalue weighted by Gasteiger charge is 2.09. The number of thioether (sulfide) groups is 1. The first kappa shape index (κ1) is 13.8. The van der Waals surface area contributed by atoms with Crippen LogP contribution in [0.15, 0.2) is 17.3 Å². The van der Waals surface area contributed by atoms with Gasteiger partial charge >= 0.3 is 0 Å². The van der Waals surface area contributed by atoms with Gasteiger partial charge in [-0.05, 0) is 6.07 Å². The Labute approximate surface area is 104 Å². The highest BCUT2D eigenvalue weighted by Crippen LogP contribution is 2.19. The lowest BCUT2D eigenvalue weighted by Crippen LogP contribution is -2.14. The molecule has 0 radical (unpaired) electrons. The highest BCUT2D eigenvalue weighted by molar-refractivity contribution is 8.00. The lowest BCUT2D eigenvalue weighted by molar-refractivity contribution is 0.100. The number of sulfone groups is 1. The molecule has 1 aromatic rings. The number of nitrogens with two attached hydrogens (primary N) is 2. The molecule has 0 spiro atoms. The van der Waals surface area contributed by atoms with Crippen molar-refractivity contribution in [2.75, 3.05) is 23.5 Å². The van der Waals surface area contributed by atoms with Crippen molar-refractivity contribution in [3.05, 3.63) is 17.8 Å². The van der Waals surface area contributed by atoms with Crippen molar-refractivity contribution in [1.82, 2.24) is 4.98 Å². The molecule has 6 nitrogen and oxygen atoms in total. The van der Waals surface area contributed by atoms with E-state index in [0.717, 1.165) is 0 Å². The Morgan fingerprint density at radius 2 is 2.18 bits per heavy atom. The lowest BCUT2D eigenvalue weighted by Gasteiger charge is -2.04. The van der Waals surface area contributed by atoms with E-state index in [4.69, 9.17) is 11.5 Å². The van der Waals surface area contributed by atoms with Gasteiger partial charge < -0.3 is 11.5 Å². The minimum Gasteiger partial charge on any atom is -0.397 e. The zero-order valence-corrected chi connectivity index (χ0v) is 10.8. The molecule has 1 aromatic heterocycles. The summed E-state index contributed by atoms with van der Waals surface area (Å²) in [5.74, 6) is -0.210. The van der Waals surface area contributed by atoms with Crippen molar-refractivity contribution in [3.63, 3.8) is 0 Å². The summed E-state index contributed by atoms with van der Waals surface area (Å²) in [5.41, 5.74) is 11.1. The van der Waals surface area contributed by atoms with Crippen LogP contribution in [0.4, 0.5) is 5.69 Å². The van der Waals surface area contributed by atoms with Crippen LogP contribution in [0.5, 0.6) is 0 Å². The Bertz CT molecular complexity index is 528. The molecular formula is C9H13N3O3S2. The van der Waals surface area contributed by atoms with E-state index in [9.17, 15) is 13.2 Å². The fourth-order valence-corrected chi connectivity index (χ4v) is 3.12. The van der Waals surface area contributed by atoms with Gasteiger partial charge in [0.15, 0.2) is 0 Å². The van der Waals surface area contributed by atoms with Crippen LogP contribution < -0.4 is 11.5 Å². The van der Waals surface area contributed by atoms with Crippen molar-refractivity contribution in [2.45, 2.75) is 5.03 Å². The Balaban J connectivity index is 2.73. The van der Waals surface area contributed by atoms with Gasteiger partial charge in [0.25, 0.3) is 5.91 Å². The second-order valence-electron chi connectivity index (χ2n) is 3.45. The van der Waals surface area contributed by atoms with Crippen LogP contribution in [0.2, 0.25) is 0 Å². The molecule has 0 aliphatic rings. The quantitative estimate of drug-likeness (QED) is 0.725. The molecule has 0 unspecified atom stereocenters. The number of rotatable bonds is 5. The molecule has 1 amide bonds. The number of carbonyl (C=O) groups excluding carboxylic acids is 1. The predicted octanol–water partition coefficient (Wildman–Crippen LogP) is -0.101. The second-order valence-corrected chi connectivity index (χ2v) is 6.83. The number of anilines is 1. The Morgan fingerprint density at radius 3 is 2.71 bits per heavy atom. The maximum absolute atomic E-state index is 11.0. The molecule has 0 saturated heterocycles. The van der Waals surface area contributed by atoms with Crippen LogP contribution >= 0.6 is 11.8 Å². The van der Waals surface area contributed by atoms with E-state index in [1.807, 2.05) is 0 Å². The van der Waals surface area contributed by atoms with Crippen molar-refractivity contribution in [3.8, 4) is 0 Å². The summed E-state index contributed by atoms with van der Waals surface area (Å²) in [6.45, 7) is 0. The number of hydrogen-bond donors (Lipinski definition) is 2. The number of carbonyl (C=O) groups is 1. The number of pyridine rings is 1. The zero-order chi connectivity index (χ0) is 13.1. The molecule has 94 valence electrons. The summed E-state index contributed by atoms with van der Waals surface area (Å²) in [6.07, 6.45) is 2.50. The number of aromatic nitrogens is 1. The third-order valence-electron chi connectivity index (χ3n) is 1.88. The molecular weight excluding hydrogens is 262 g/mol. The first-order valence-electron chi connectivity index (χ1n) is 4.65. The summed E-state index contributed by atoms with van der Waals surface area (Å²) in [6, 6.07) is 1.46. The number of amides is 1. The van der Waals surface area contributed by atoms with Crippen LogP contribution in [-0.2, 0) is 9.84 Å². The average Bonchev–Trinajstić information content (AvgIpc) is 2.18. The SMILES string of the molecule is CS(=O)(=O)CCSc1cc(C(N)=O)c(N)cn1. The van der Waals surface area contributed by atoms with Crippen molar-refractivity contribution < 1.29 is 13.2 Å². The molecule has 17 heavy (non-hydrogen) atoms. The van der Waals surface area contributed by atoms with Gasteiger partial charge in [0, 0.05) is 12.0 Å².